The molecule has 0 aliphatic carbocycles. The van der Waals surface area contributed by atoms with Crippen LogP contribution in [0.2, 0.25) is 9.36 Å². The third-order valence-corrected chi connectivity index (χ3v) is 4.59. The molecule has 3 rings (SSSR count). The van der Waals surface area contributed by atoms with Gasteiger partial charge in [-0.25, -0.2) is 4.98 Å². The molecule has 0 spiro atoms. The number of halogens is 5. The van der Waals surface area contributed by atoms with Gasteiger partial charge in [0.2, 0.25) is 0 Å². The lowest BCUT2D eigenvalue weighted by atomic mass is 10.2. The maximum absolute atomic E-state index is 12.6. The number of hydrazone groups is 1. The van der Waals surface area contributed by atoms with Crippen molar-refractivity contribution in [3.8, 4) is 5.75 Å². The Bertz CT molecular complexity index is 979. The quantitative estimate of drug-likeness (QED) is 0.410. The van der Waals surface area contributed by atoms with Crippen LogP contribution in [-0.2, 0) is 12.8 Å². The molecule has 1 aromatic carbocycles. The van der Waals surface area contributed by atoms with E-state index in [2.05, 4.69) is 25.1 Å². The highest BCUT2D eigenvalue weighted by atomic mass is 35.5. The molecule has 0 unspecified atom stereocenters. The summed E-state index contributed by atoms with van der Waals surface area (Å²) in [6, 6.07) is 7.70. The highest BCUT2D eigenvalue weighted by Gasteiger charge is 2.31. The molecule has 1 N–H and O–H groups in total. The number of rotatable bonds is 6. The summed E-state index contributed by atoms with van der Waals surface area (Å²) in [5.74, 6) is 0.612. The Labute approximate surface area is 171 Å². The van der Waals surface area contributed by atoms with E-state index in [0.29, 0.717) is 22.0 Å². The lowest BCUT2D eigenvalue weighted by molar-refractivity contribution is -0.137. The Morgan fingerprint density at radius 2 is 1.96 bits per heavy atom. The maximum Gasteiger partial charge on any atom is 0.417 e. The van der Waals surface area contributed by atoms with E-state index < -0.39 is 11.7 Å². The number of hydrogen-bond acceptors (Lipinski definition) is 7. The first-order valence-electron chi connectivity index (χ1n) is 7.54. The van der Waals surface area contributed by atoms with Crippen molar-refractivity contribution in [3.63, 3.8) is 0 Å². The van der Waals surface area contributed by atoms with Gasteiger partial charge in [-0.3, -0.25) is 5.43 Å². The summed E-state index contributed by atoms with van der Waals surface area (Å²) >= 11 is 12.8. The first-order valence-corrected chi connectivity index (χ1v) is 9.07. The Morgan fingerprint density at radius 3 is 2.57 bits per heavy atom. The van der Waals surface area contributed by atoms with Crippen LogP contribution in [0.3, 0.4) is 0 Å². The summed E-state index contributed by atoms with van der Waals surface area (Å²) in [7, 11) is 0. The molecular weight excluding hydrogens is 438 g/mol. The van der Waals surface area contributed by atoms with Gasteiger partial charge in [0.1, 0.15) is 22.4 Å². The van der Waals surface area contributed by atoms with E-state index in [0.717, 1.165) is 23.2 Å². The Morgan fingerprint density at radius 1 is 1.21 bits per heavy atom. The van der Waals surface area contributed by atoms with Gasteiger partial charge in [-0.1, -0.05) is 27.7 Å². The Kier molecular flexibility index (Phi) is 6.32. The minimum absolute atomic E-state index is 0.0135. The van der Waals surface area contributed by atoms with Crippen LogP contribution in [0, 0.1) is 0 Å². The lowest BCUT2D eigenvalue weighted by Crippen LogP contribution is -2.06. The van der Waals surface area contributed by atoms with E-state index in [4.69, 9.17) is 27.9 Å². The molecule has 12 heteroatoms. The Hall–Kier alpha value is -2.43. The molecule has 0 fully saturated rings. The van der Waals surface area contributed by atoms with Crippen LogP contribution in [0.4, 0.5) is 19.0 Å². The zero-order valence-corrected chi connectivity index (χ0v) is 16.1. The molecule has 0 aliphatic rings. The van der Waals surface area contributed by atoms with Crippen molar-refractivity contribution in [2.24, 2.45) is 5.10 Å². The number of nitrogens with zero attached hydrogens (tertiary/aromatic N) is 4. The number of nitrogens with one attached hydrogen (secondary N) is 1. The lowest BCUT2D eigenvalue weighted by Gasteiger charge is -2.08. The number of hydrogen-bond donors (Lipinski definition) is 1. The second-order valence-corrected chi connectivity index (χ2v) is 7.04. The molecule has 146 valence electrons. The number of benzene rings is 1. The molecule has 28 heavy (non-hydrogen) atoms. The summed E-state index contributed by atoms with van der Waals surface area (Å²) < 4.78 is 47.5. The predicted molar refractivity (Wildman–Crippen MR) is 101 cm³/mol. The standard InChI is InChI=1S/C16H10Cl2F3N5OS/c17-12-5-10(16(19,20)21)7-22-15(12)25-23-6-9-1-3-11(4-2-9)27-8-13-14(18)28-26-24-13/h1-7H,8H2,(H,22,25). The van der Waals surface area contributed by atoms with Gasteiger partial charge in [-0.2, -0.15) is 18.3 Å². The predicted octanol–water partition coefficient (Wildman–Crippen LogP) is 5.28. The average Bonchev–Trinajstić information content (AvgIpc) is 3.06. The number of anilines is 1. The largest absolute Gasteiger partial charge is 0.487 e. The first-order chi connectivity index (χ1) is 13.3. The average molecular weight is 448 g/mol. The summed E-state index contributed by atoms with van der Waals surface area (Å²) in [5, 5.41) is 7.57. The molecule has 0 aliphatic heterocycles. The van der Waals surface area contributed by atoms with Crippen LogP contribution in [0.15, 0.2) is 41.6 Å². The maximum atomic E-state index is 12.6. The third kappa shape index (κ3) is 5.31. The topological polar surface area (TPSA) is 72.3 Å². The second kappa shape index (κ2) is 8.72. The molecule has 3 aromatic rings. The van der Waals surface area contributed by atoms with Crippen molar-refractivity contribution in [1.29, 1.82) is 0 Å². The molecule has 0 amide bonds. The highest BCUT2D eigenvalue weighted by molar-refractivity contribution is 7.10. The second-order valence-electron chi connectivity index (χ2n) is 5.27. The van der Waals surface area contributed by atoms with Crippen molar-refractivity contribution in [2.75, 3.05) is 5.43 Å². The van der Waals surface area contributed by atoms with E-state index in [1.165, 1.54) is 6.21 Å². The minimum atomic E-state index is -4.51. The zero-order chi connectivity index (χ0) is 20.1. The van der Waals surface area contributed by atoms with Gasteiger partial charge in [-0.15, -0.1) is 5.10 Å². The van der Waals surface area contributed by atoms with Gasteiger partial charge >= 0.3 is 6.18 Å². The summed E-state index contributed by atoms with van der Waals surface area (Å²) in [6.07, 6.45) is -2.37. The van der Waals surface area contributed by atoms with Crippen LogP contribution < -0.4 is 10.2 Å². The van der Waals surface area contributed by atoms with Gasteiger partial charge < -0.3 is 4.74 Å². The van der Waals surface area contributed by atoms with E-state index in [-0.39, 0.29) is 17.4 Å². The van der Waals surface area contributed by atoms with Crippen LogP contribution in [-0.4, -0.2) is 20.8 Å². The van der Waals surface area contributed by atoms with Crippen LogP contribution in [0.5, 0.6) is 5.75 Å². The summed E-state index contributed by atoms with van der Waals surface area (Å²) in [6.45, 7) is 0.197. The molecule has 0 radical (unpaired) electrons. The molecular formula is C16H10Cl2F3N5OS. The van der Waals surface area contributed by atoms with E-state index >= 15 is 0 Å². The number of ether oxygens (including phenoxy) is 1. The smallest absolute Gasteiger partial charge is 0.417 e. The van der Waals surface area contributed by atoms with E-state index in [1.807, 2.05) is 0 Å². The minimum Gasteiger partial charge on any atom is -0.487 e. The summed E-state index contributed by atoms with van der Waals surface area (Å²) in [4.78, 5) is 3.63. The number of pyridine rings is 1. The highest BCUT2D eigenvalue weighted by Crippen LogP contribution is 2.32. The van der Waals surface area contributed by atoms with Gasteiger partial charge in [0.15, 0.2) is 5.82 Å². The van der Waals surface area contributed by atoms with Gasteiger partial charge in [0.25, 0.3) is 0 Å². The first kappa shape index (κ1) is 20.3. The molecule has 6 nitrogen and oxygen atoms in total. The molecule has 0 saturated heterocycles. The van der Waals surface area contributed by atoms with Gasteiger partial charge in [0.05, 0.1) is 16.8 Å². The number of alkyl halides is 3. The van der Waals surface area contributed by atoms with E-state index in [1.54, 1.807) is 24.3 Å². The van der Waals surface area contributed by atoms with Gasteiger partial charge in [-0.05, 0) is 35.9 Å². The SMILES string of the molecule is FC(F)(F)c1cnc(NN=Cc2ccc(OCc3nnsc3Cl)cc2)c(Cl)c1. The van der Waals surface area contributed by atoms with Crippen molar-refractivity contribution in [3.05, 3.63) is 62.7 Å². The molecule has 0 atom stereocenters. The van der Waals surface area contributed by atoms with Crippen LogP contribution >= 0.6 is 34.7 Å². The molecule has 2 heterocycles. The van der Waals surface area contributed by atoms with Crippen molar-refractivity contribution < 1.29 is 17.9 Å². The normalized spacial score (nSPS) is 11.8. The van der Waals surface area contributed by atoms with Crippen molar-refractivity contribution in [2.45, 2.75) is 12.8 Å². The third-order valence-electron chi connectivity index (χ3n) is 3.32. The fourth-order valence-electron chi connectivity index (χ4n) is 1.93. The van der Waals surface area contributed by atoms with E-state index in [9.17, 15) is 13.2 Å². The van der Waals surface area contributed by atoms with Crippen molar-refractivity contribution in [1.82, 2.24) is 14.6 Å². The molecule has 0 bridgehead atoms. The van der Waals surface area contributed by atoms with Crippen LogP contribution in [0.25, 0.3) is 0 Å². The van der Waals surface area contributed by atoms with Crippen LogP contribution in [0.1, 0.15) is 16.8 Å². The monoisotopic (exact) mass is 447 g/mol. The summed E-state index contributed by atoms with van der Waals surface area (Å²) in [5.41, 5.74) is 2.85. The van der Waals surface area contributed by atoms with Crippen molar-refractivity contribution >= 4 is 46.8 Å². The van der Waals surface area contributed by atoms with Gasteiger partial charge in [0, 0.05) is 17.7 Å². The fraction of sp³-hybridized carbons (Fsp3) is 0.125. The zero-order valence-electron chi connectivity index (χ0n) is 13.7. The molecule has 0 saturated carbocycles. The molecule has 2 aromatic heterocycles. The fourth-order valence-corrected chi connectivity index (χ4v) is 2.74. The number of aromatic nitrogens is 3. The Balaban J connectivity index is 1.57.